The topological polar surface area (TPSA) is 69.4 Å². The Morgan fingerprint density at radius 3 is 2.58 bits per heavy atom. The number of halogens is 3. The Morgan fingerprint density at radius 1 is 1.47 bits per heavy atom. The summed E-state index contributed by atoms with van der Waals surface area (Å²) in [5.41, 5.74) is -1.80. The molecule has 19 heavy (non-hydrogen) atoms. The van der Waals surface area contributed by atoms with Crippen molar-refractivity contribution in [2.45, 2.75) is 11.1 Å². The van der Waals surface area contributed by atoms with Gasteiger partial charge in [-0.1, -0.05) is 0 Å². The van der Waals surface area contributed by atoms with Gasteiger partial charge >= 0.3 is 12.1 Å². The lowest BCUT2D eigenvalue weighted by atomic mass is 10.2. The number of alkyl halides is 3. The largest absolute Gasteiger partial charge is 0.468 e. The molecule has 0 heterocycles. The maximum absolute atomic E-state index is 12.4. The Hall–Kier alpha value is -1.77. The van der Waals surface area contributed by atoms with Crippen LogP contribution in [0.15, 0.2) is 23.1 Å². The number of nitrogens with zero attached hydrogens (tertiary/aromatic N) is 1. The van der Waals surface area contributed by atoms with Crippen LogP contribution in [0.3, 0.4) is 0 Å². The van der Waals surface area contributed by atoms with Crippen molar-refractivity contribution in [3.63, 3.8) is 0 Å². The summed E-state index contributed by atoms with van der Waals surface area (Å²) in [6, 6.07) is 2.14. The summed E-state index contributed by atoms with van der Waals surface area (Å²) < 4.78 is 41.6. The van der Waals surface area contributed by atoms with Gasteiger partial charge in [-0.25, -0.2) is 0 Å². The first-order valence-corrected chi connectivity index (χ1v) is 5.79. The van der Waals surface area contributed by atoms with Crippen molar-refractivity contribution in [2.75, 3.05) is 12.9 Å². The summed E-state index contributed by atoms with van der Waals surface area (Å²) in [7, 11) is 1.14. The molecule has 0 aliphatic heterocycles. The molecule has 0 bridgehead atoms. The van der Waals surface area contributed by atoms with E-state index >= 15 is 0 Å². The maximum atomic E-state index is 12.4. The Kier molecular flexibility index (Phi) is 4.76. The quantitative estimate of drug-likeness (QED) is 0.370. The molecule has 0 atom stereocenters. The number of ether oxygens (including phenoxy) is 1. The molecule has 1 rings (SSSR count). The van der Waals surface area contributed by atoms with Crippen molar-refractivity contribution < 1.29 is 27.6 Å². The van der Waals surface area contributed by atoms with Gasteiger partial charge < -0.3 is 4.74 Å². The van der Waals surface area contributed by atoms with Gasteiger partial charge in [0.2, 0.25) is 0 Å². The number of nitro benzene ring substituents is 1. The molecule has 0 amide bonds. The SMILES string of the molecule is COC(=O)CSc1ccc(C(F)(F)F)cc1[N+](=O)[O-]. The summed E-state index contributed by atoms with van der Waals surface area (Å²) in [6.07, 6.45) is -4.66. The van der Waals surface area contributed by atoms with Gasteiger partial charge in [0.15, 0.2) is 0 Å². The van der Waals surface area contributed by atoms with Gasteiger partial charge in [-0.15, -0.1) is 11.8 Å². The zero-order valence-electron chi connectivity index (χ0n) is 9.56. The average Bonchev–Trinajstić information content (AvgIpc) is 2.34. The van der Waals surface area contributed by atoms with Crippen LogP contribution in [0, 0.1) is 10.1 Å². The molecular formula is C10H8F3NO4S. The summed E-state index contributed by atoms with van der Waals surface area (Å²) in [5.74, 6) is -0.845. The second kappa shape index (κ2) is 5.91. The van der Waals surface area contributed by atoms with Crippen molar-refractivity contribution in [3.05, 3.63) is 33.9 Å². The number of rotatable bonds is 4. The molecular weight excluding hydrogens is 287 g/mol. The first kappa shape index (κ1) is 15.3. The third kappa shape index (κ3) is 4.12. The minimum atomic E-state index is -4.66. The molecule has 0 saturated carbocycles. The molecule has 0 aromatic heterocycles. The Bertz CT molecular complexity index is 504. The van der Waals surface area contributed by atoms with Crippen LogP contribution in [0.1, 0.15) is 5.56 Å². The molecule has 0 spiro atoms. The molecule has 1 aromatic carbocycles. The van der Waals surface area contributed by atoms with Crippen LogP contribution in [0.5, 0.6) is 0 Å². The van der Waals surface area contributed by atoms with Gasteiger partial charge in [0.05, 0.1) is 28.2 Å². The van der Waals surface area contributed by atoms with E-state index in [0.717, 1.165) is 31.0 Å². The lowest BCUT2D eigenvalue weighted by molar-refractivity contribution is -0.388. The Labute approximate surface area is 109 Å². The van der Waals surface area contributed by atoms with Gasteiger partial charge in [-0.2, -0.15) is 13.2 Å². The molecule has 0 unspecified atom stereocenters. The summed E-state index contributed by atoms with van der Waals surface area (Å²) >= 11 is 0.744. The van der Waals surface area contributed by atoms with Crippen molar-refractivity contribution in [1.82, 2.24) is 0 Å². The highest BCUT2D eigenvalue weighted by Gasteiger charge is 2.33. The lowest BCUT2D eigenvalue weighted by Crippen LogP contribution is -2.07. The second-order valence-electron chi connectivity index (χ2n) is 3.30. The highest BCUT2D eigenvalue weighted by atomic mass is 32.2. The number of benzene rings is 1. The minimum absolute atomic E-state index is 0.0246. The second-order valence-corrected chi connectivity index (χ2v) is 4.32. The number of hydrogen-bond acceptors (Lipinski definition) is 5. The van der Waals surface area contributed by atoms with Gasteiger partial charge in [-0.05, 0) is 12.1 Å². The van der Waals surface area contributed by atoms with Crippen LogP contribution in [-0.2, 0) is 15.7 Å². The highest BCUT2D eigenvalue weighted by Crippen LogP contribution is 2.36. The fourth-order valence-electron chi connectivity index (χ4n) is 1.15. The van der Waals surface area contributed by atoms with Gasteiger partial charge in [0.25, 0.3) is 5.69 Å². The van der Waals surface area contributed by atoms with Crippen LogP contribution in [-0.4, -0.2) is 23.8 Å². The monoisotopic (exact) mass is 295 g/mol. The number of carbonyl (C=O) groups excluding carboxylic acids is 1. The minimum Gasteiger partial charge on any atom is -0.468 e. The fourth-order valence-corrected chi connectivity index (χ4v) is 1.99. The zero-order valence-corrected chi connectivity index (χ0v) is 10.4. The van der Waals surface area contributed by atoms with E-state index in [4.69, 9.17) is 0 Å². The van der Waals surface area contributed by atoms with E-state index in [1.165, 1.54) is 0 Å². The number of carbonyl (C=O) groups is 1. The van der Waals surface area contributed by atoms with Crippen LogP contribution >= 0.6 is 11.8 Å². The van der Waals surface area contributed by atoms with E-state index in [0.29, 0.717) is 6.07 Å². The standard InChI is InChI=1S/C10H8F3NO4S/c1-18-9(15)5-19-8-3-2-6(10(11,12)13)4-7(8)14(16)17/h2-4H,5H2,1H3. The molecule has 0 fully saturated rings. The first-order chi connectivity index (χ1) is 8.75. The lowest BCUT2D eigenvalue weighted by Gasteiger charge is -2.08. The van der Waals surface area contributed by atoms with E-state index < -0.39 is 28.3 Å². The van der Waals surface area contributed by atoms with Crippen molar-refractivity contribution >= 4 is 23.4 Å². The third-order valence-electron chi connectivity index (χ3n) is 2.06. The number of hydrogen-bond donors (Lipinski definition) is 0. The average molecular weight is 295 g/mol. The van der Waals surface area contributed by atoms with Gasteiger partial charge in [-0.3, -0.25) is 14.9 Å². The van der Waals surface area contributed by atoms with Crippen molar-refractivity contribution in [3.8, 4) is 0 Å². The molecule has 104 valence electrons. The van der Waals surface area contributed by atoms with E-state index in [-0.39, 0.29) is 10.6 Å². The molecule has 5 nitrogen and oxygen atoms in total. The van der Waals surface area contributed by atoms with E-state index in [1.807, 2.05) is 0 Å². The molecule has 9 heteroatoms. The van der Waals surface area contributed by atoms with Crippen LogP contribution in [0.2, 0.25) is 0 Å². The molecule has 0 aliphatic rings. The molecule has 1 aromatic rings. The zero-order chi connectivity index (χ0) is 14.6. The van der Waals surface area contributed by atoms with E-state index in [9.17, 15) is 28.1 Å². The summed E-state index contributed by atoms with van der Waals surface area (Å²) in [6.45, 7) is 0. The van der Waals surface area contributed by atoms with Crippen molar-refractivity contribution in [2.24, 2.45) is 0 Å². The van der Waals surface area contributed by atoms with Crippen LogP contribution < -0.4 is 0 Å². The number of nitro groups is 1. The van der Waals surface area contributed by atoms with Gasteiger partial charge in [0, 0.05) is 6.07 Å². The normalized spacial score (nSPS) is 11.2. The molecule has 0 radical (unpaired) electrons. The molecule has 0 aliphatic carbocycles. The Morgan fingerprint density at radius 2 is 2.11 bits per heavy atom. The maximum Gasteiger partial charge on any atom is 0.416 e. The number of thioether (sulfide) groups is 1. The summed E-state index contributed by atoms with van der Waals surface area (Å²) in [4.78, 5) is 20.7. The fraction of sp³-hybridized carbons (Fsp3) is 0.300. The Balaban J connectivity index is 3.05. The molecule has 0 N–H and O–H groups in total. The van der Waals surface area contributed by atoms with Crippen LogP contribution in [0.4, 0.5) is 18.9 Å². The first-order valence-electron chi connectivity index (χ1n) is 4.81. The van der Waals surface area contributed by atoms with Crippen molar-refractivity contribution in [1.29, 1.82) is 0 Å². The third-order valence-corrected chi connectivity index (χ3v) is 3.09. The predicted octanol–water partition coefficient (Wildman–Crippen LogP) is 2.88. The van der Waals surface area contributed by atoms with Crippen LogP contribution in [0.25, 0.3) is 0 Å². The predicted molar refractivity (Wildman–Crippen MR) is 60.8 cm³/mol. The smallest absolute Gasteiger partial charge is 0.416 e. The number of esters is 1. The molecule has 0 saturated heterocycles. The van der Waals surface area contributed by atoms with E-state index in [1.54, 1.807) is 0 Å². The van der Waals surface area contributed by atoms with E-state index in [2.05, 4.69) is 4.74 Å². The summed E-state index contributed by atoms with van der Waals surface area (Å²) in [5, 5.41) is 10.7. The highest BCUT2D eigenvalue weighted by molar-refractivity contribution is 8.00. The number of methoxy groups -OCH3 is 1. The van der Waals surface area contributed by atoms with Gasteiger partial charge in [0.1, 0.15) is 0 Å².